The molecule has 3 aliphatic heterocycles. The quantitative estimate of drug-likeness (QED) is 0.222. The number of nitrogens with zero attached hydrogens (tertiary/aromatic N) is 3. The number of aromatic nitrogens is 4. The van der Waals surface area contributed by atoms with E-state index in [9.17, 15) is 0 Å². The third-order valence-corrected chi connectivity index (χ3v) is 5.17. The fourth-order valence-corrected chi connectivity index (χ4v) is 3.68. The Morgan fingerprint density at radius 3 is 1.34 bits per heavy atom. The first-order valence-corrected chi connectivity index (χ1v) is 10.5. The molecule has 7 heteroatoms. The van der Waals surface area contributed by atoms with Crippen LogP contribution in [0.5, 0.6) is 0 Å². The number of fused-ring (bicyclic) bond motifs is 8. The Morgan fingerprint density at radius 1 is 0.562 bits per heavy atom. The maximum atomic E-state index is 4.62. The van der Waals surface area contributed by atoms with Gasteiger partial charge in [0.05, 0.1) is 22.8 Å². The van der Waals surface area contributed by atoms with Crippen molar-refractivity contribution in [3.8, 4) is 0 Å². The van der Waals surface area contributed by atoms with E-state index in [0.29, 0.717) is 0 Å². The Bertz CT molecular complexity index is 1170. The molecule has 3 aromatic heterocycles. The van der Waals surface area contributed by atoms with Crippen molar-refractivity contribution >= 4 is 46.4 Å². The van der Waals surface area contributed by atoms with Gasteiger partial charge in [-0.3, -0.25) is 0 Å². The van der Waals surface area contributed by atoms with E-state index in [1.54, 1.807) is 0 Å². The fraction of sp³-hybridized carbons (Fsp3) is 0.200. The van der Waals surface area contributed by atoms with Crippen molar-refractivity contribution in [2.24, 2.45) is 0 Å². The van der Waals surface area contributed by atoms with E-state index < -0.39 is 0 Å². The summed E-state index contributed by atoms with van der Waals surface area (Å²) in [6, 6.07) is 16.4. The van der Waals surface area contributed by atoms with Gasteiger partial charge in [0.1, 0.15) is 0 Å². The molecule has 0 spiro atoms. The van der Waals surface area contributed by atoms with Crippen LogP contribution in [-0.2, 0) is 39.0 Å². The monoisotopic (exact) mass is 560 g/mol. The third-order valence-electron chi connectivity index (χ3n) is 5.17. The number of H-pyrrole nitrogens is 2. The fourth-order valence-electron chi connectivity index (χ4n) is 3.68. The zero-order valence-corrected chi connectivity index (χ0v) is 22.6. The molecule has 0 atom stereocenters. The second kappa shape index (κ2) is 11.6. The van der Waals surface area contributed by atoms with Gasteiger partial charge >= 0.3 is 0 Å². The second-order valence-corrected chi connectivity index (χ2v) is 7.64. The van der Waals surface area contributed by atoms with Gasteiger partial charge in [0.25, 0.3) is 0 Å². The van der Waals surface area contributed by atoms with Crippen molar-refractivity contribution in [1.29, 1.82) is 0 Å². The van der Waals surface area contributed by atoms with E-state index in [-0.39, 0.29) is 39.0 Å². The first kappa shape index (κ1) is 24.4. The van der Waals surface area contributed by atoms with Gasteiger partial charge in [-0.25, -0.2) is 9.97 Å². The maximum Gasteiger partial charge on any atom is 0.0659 e. The van der Waals surface area contributed by atoms with E-state index in [2.05, 4.69) is 55.6 Å². The number of hydrogen-bond acceptors (Lipinski definition) is 2. The second-order valence-electron chi connectivity index (χ2n) is 7.64. The van der Waals surface area contributed by atoms with Crippen LogP contribution in [0, 0.1) is 0 Å². The molecule has 8 bridgehead atoms. The Kier molecular flexibility index (Phi) is 8.87. The number of nitrogens with one attached hydrogen (secondary N) is 2. The molecule has 3 aromatic rings. The minimum atomic E-state index is 0. The first-order valence-electron chi connectivity index (χ1n) is 10.5. The molecule has 0 saturated carbocycles. The van der Waals surface area contributed by atoms with Gasteiger partial charge in [0, 0.05) is 61.0 Å². The van der Waals surface area contributed by atoms with Crippen molar-refractivity contribution in [1.82, 2.24) is 19.9 Å². The number of hydrogen-bond donors (Lipinski definition) is 2. The molecule has 0 unspecified atom stereocenters. The van der Waals surface area contributed by atoms with Crippen molar-refractivity contribution in [3.63, 3.8) is 0 Å². The smallest absolute Gasteiger partial charge is 0.0659 e. The summed E-state index contributed by atoms with van der Waals surface area (Å²) < 4.78 is 0. The summed E-state index contributed by atoms with van der Waals surface area (Å²) in [6.45, 7) is 2.25. The van der Waals surface area contributed by atoms with Crippen LogP contribution in [0.4, 0.5) is 0 Å². The van der Waals surface area contributed by atoms with Crippen molar-refractivity contribution in [2.45, 2.75) is 19.3 Å². The van der Waals surface area contributed by atoms with Crippen LogP contribution in [0.3, 0.4) is 0 Å². The summed E-state index contributed by atoms with van der Waals surface area (Å²) in [5.41, 5.74) is 7.86. The molecule has 1 saturated heterocycles. The van der Waals surface area contributed by atoms with Crippen LogP contribution in [0.25, 0.3) is 51.7 Å². The number of rotatable bonds is 0. The Hall–Kier alpha value is -2.19. The summed E-state index contributed by atoms with van der Waals surface area (Å²) in [7, 11) is 0. The predicted molar refractivity (Wildman–Crippen MR) is 126 cm³/mol. The zero-order chi connectivity index (χ0) is 20.2. The Labute approximate surface area is 213 Å². The summed E-state index contributed by atoms with van der Waals surface area (Å²) in [5, 5.41) is 4.18. The van der Waals surface area contributed by atoms with Crippen molar-refractivity contribution in [3.05, 3.63) is 76.6 Å². The van der Waals surface area contributed by atoms with Gasteiger partial charge in [-0.2, -0.15) is 0 Å². The molecule has 6 rings (SSSR count). The Morgan fingerprint density at radius 2 is 0.969 bits per heavy atom. The van der Waals surface area contributed by atoms with E-state index in [4.69, 9.17) is 0 Å². The zero-order valence-electron chi connectivity index (χ0n) is 17.9. The molecule has 0 aromatic carbocycles. The molecule has 3 aliphatic rings. The van der Waals surface area contributed by atoms with Gasteiger partial charge < -0.3 is 15.3 Å². The van der Waals surface area contributed by atoms with Gasteiger partial charge in [-0.15, -0.1) is 13.1 Å². The van der Waals surface area contributed by atoms with Gasteiger partial charge in [-0.05, 0) is 72.8 Å². The molecular formula is C25H24N5RuZn-. The van der Waals surface area contributed by atoms with Crippen LogP contribution >= 0.6 is 0 Å². The molecule has 6 heterocycles. The molecule has 0 amide bonds. The minimum Gasteiger partial charge on any atom is -0.662 e. The average molecular weight is 561 g/mol. The van der Waals surface area contributed by atoms with Crippen LogP contribution in [0.2, 0.25) is 0 Å². The van der Waals surface area contributed by atoms with Gasteiger partial charge in [-0.1, -0.05) is 19.3 Å². The molecule has 0 aliphatic carbocycles. The Balaban J connectivity index is 0.000000317. The summed E-state index contributed by atoms with van der Waals surface area (Å²) in [4.78, 5) is 16.0. The number of piperidine rings is 1. The molecule has 0 radical (unpaired) electrons. The number of aromatic amines is 2. The van der Waals surface area contributed by atoms with Crippen LogP contribution in [-0.4, -0.2) is 33.0 Å². The molecule has 32 heavy (non-hydrogen) atoms. The molecular weight excluding hydrogens is 537 g/mol. The minimum absolute atomic E-state index is 0. The van der Waals surface area contributed by atoms with E-state index in [1.165, 1.54) is 19.3 Å². The summed E-state index contributed by atoms with van der Waals surface area (Å²) >= 11 is 0. The van der Waals surface area contributed by atoms with Crippen LogP contribution < -0.4 is 0 Å². The predicted octanol–water partition coefficient (Wildman–Crippen LogP) is 6.19. The molecule has 160 valence electrons. The van der Waals surface area contributed by atoms with Gasteiger partial charge in [0.2, 0.25) is 0 Å². The normalized spacial score (nSPS) is 14.0. The molecule has 1 fully saturated rings. The largest absolute Gasteiger partial charge is 0.662 e. The van der Waals surface area contributed by atoms with Gasteiger partial charge in [0.15, 0.2) is 0 Å². The third kappa shape index (κ3) is 6.42. The average Bonchev–Trinajstić information content (AvgIpc) is 3.56. The van der Waals surface area contributed by atoms with E-state index in [0.717, 1.165) is 57.9 Å². The first-order chi connectivity index (χ1) is 14.8. The maximum absolute atomic E-state index is 4.62. The molecule has 5 nitrogen and oxygen atoms in total. The summed E-state index contributed by atoms with van der Waals surface area (Å²) in [5.74, 6) is 0. The van der Waals surface area contributed by atoms with Crippen LogP contribution in [0.1, 0.15) is 42.0 Å². The van der Waals surface area contributed by atoms with Crippen molar-refractivity contribution < 1.29 is 39.0 Å². The summed E-state index contributed by atoms with van der Waals surface area (Å²) in [6.07, 6.45) is 12.1. The van der Waals surface area contributed by atoms with Crippen LogP contribution in [0.15, 0.2) is 48.5 Å². The van der Waals surface area contributed by atoms with E-state index >= 15 is 0 Å². The SMILES string of the molecule is C1=Cc2cc3ccc(cc4ccc(cc5nc(cc1n2)C=C5)[nH]4)[nH]3.C1CC[N-]CC1.[Ru].[Zn]. The van der Waals surface area contributed by atoms with E-state index in [1.807, 2.05) is 42.5 Å². The molecule has 2 N–H and O–H groups in total. The topological polar surface area (TPSA) is 71.5 Å². The standard InChI is InChI=1S/C20H14N4.C5H10N.Ru.Zn/c1-2-14-10-16-5-6-18(23-16)12-20-8-7-19(24-20)11-17-4-3-15(22-17)9-13(1)21-14;1-2-4-6-5-3-1;;/h1-12,21-22H;1-5H2;;/q;-1;;. The van der Waals surface area contributed by atoms with Crippen molar-refractivity contribution in [2.75, 3.05) is 13.1 Å².